The number of carboxylic acid groups (broad SMARTS) is 1. The number of carbonyl (C=O) groups is 1. The molecule has 1 N–H and O–H groups in total. The quantitative estimate of drug-likeness (QED) is 0.686. The third-order valence-corrected chi connectivity index (χ3v) is 8.80. The minimum Gasteiger partial charge on any atom is -0.481 e. The van der Waals surface area contributed by atoms with Crippen molar-refractivity contribution in [2.75, 3.05) is 13.1 Å². The third kappa shape index (κ3) is 2.27. The van der Waals surface area contributed by atoms with Crippen LogP contribution in [0.5, 0.6) is 0 Å². The van der Waals surface area contributed by atoms with E-state index in [4.69, 9.17) is 4.98 Å². The molecule has 31 heavy (non-hydrogen) atoms. The Hall–Kier alpha value is -2.80. The average Bonchev–Trinajstić information content (AvgIpc) is 3.35. The molecule has 3 aliphatic carbocycles. The van der Waals surface area contributed by atoms with Gasteiger partial charge in [0.25, 0.3) is 0 Å². The van der Waals surface area contributed by atoms with Crippen LogP contribution in [0.4, 0.5) is 0 Å². The largest absolute Gasteiger partial charge is 0.481 e. The molecular weight excluding hydrogens is 390 g/mol. The highest BCUT2D eigenvalue weighted by Crippen LogP contribution is 2.98. The summed E-state index contributed by atoms with van der Waals surface area (Å²) in [6, 6.07) is 8.33. The summed E-state index contributed by atoms with van der Waals surface area (Å²) in [5, 5.41) is 13.9. The van der Waals surface area contributed by atoms with Crippen molar-refractivity contribution in [3.05, 3.63) is 42.9 Å². The van der Waals surface area contributed by atoms with Crippen molar-refractivity contribution in [2.45, 2.75) is 50.1 Å². The zero-order valence-corrected chi connectivity index (χ0v) is 17.4. The molecule has 1 aromatic carbocycles. The van der Waals surface area contributed by atoms with E-state index in [-0.39, 0.29) is 5.41 Å². The van der Waals surface area contributed by atoms with Gasteiger partial charge in [-0.05, 0) is 55.1 Å². The maximum atomic E-state index is 11.2. The maximum Gasteiger partial charge on any atom is 0.303 e. The summed E-state index contributed by atoms with van der Waals surface area (Å²) in [5.41, 5.74) is 4.52. The molecule has 0 amide bonds. The second kappa shape index (κ2) is 5.71. The summed E-state index contributed by atoms with van der Waals surface area (Å²) >= 11 is 0. The lowest BCUT2D eigenvalue weighted by atomic mass is 9.76. The van der Waals surface area contributed by atoms with Crippen LogP contribution in [-0.4, -0.2) is 54.4 Å². The first-order valence-electron chi connectivity index (χ1n) is 11.3. The van der Waals surface area contributed by atoms with Gasteiger partial charge in [0.15, 0.2) is 0 Å². The number of carboxylic acids is 1. The first kappa shape index (κ1) is 17.8. The monoisotopic (exact) mass is 415 g/mol. The van der Waals surface area contributed by atoms with Crippen molar-refractivity contribution in [3.63, 3.8) is 0 Å². The lowest BCUT2D eigenvalue weighted by Gasteiger charge is -2.45. The van der Waals surface area contributed by atoms with Gasteiger partial charge in [0.1, 0.15) is 0 Å². The summed E-state index contributed by atoms with van der Waals surface area (Å²) in [4.78, 5) is 23.2. The molecule has 0 bridgehead atoms. The topological polar surface area (TPSA) is 84.1 Å². The minimum atomic E-state index is -0.623. The lowest BCUT2D eigenvalue weighted by Crippen LogP contribution is -2.51. The average molecular weight is 415 g/mol. The molecule has 158 valence electrons. The molecule has 0 radical (unpaired) electrons. The Morgan fingerprint density at radius 1 is 1.10 bits per heavy atom. The van der Waals surface area contributed by atoms with Gasteiger partial charge in [0, 0.05) is 30.4 Å². The molecule has 7 heteroatoms. The van der Waals surface area contributed by atoms with Crippen LogP contribution < -0.4 is 0 Å². The molecule has 7 nitrogen and oxygen atoms in total. The van der Waals surface area contributed by atoms with Crippen LogP contribution in [0.3, 0.4) is 0 Å². The number of hydrogen-bond acceptors (Lipinski definition) is 5. The molecule has 2 aromatic heterocycles. The van der Waals surface area contributed by atoms with Gasteiger partial charge in [-0.15, -0.1) is 0 Å². The molecule has 7 rings (SSSR count). The number of aliphatic carboxylic acids is 1. The first-order valence-corrected chi connectivity index (χ1v) is 11.3. The Balaban J connectivity index is 1.03. The molecule has 4 fully saturated rings. The second-order valence-electron chi connectivity index (χ2n) is 10.2. The molecule has 4 aliphatic rings. The number of rotatable bonds is 5. The molecule has 3 unspecified atom stereocenters. The zero-order chi connectivity index (χ0) is 20.8. The van der Waals surface area contributed by atoms with Crippen LogP contribution >= 0.6 is 0 Å². The summed E-state index contributed by atoms with van der Waals surface area (Å²) in [5.74, 6) is -0.623. The number of piperidine rings is 1. The highest BCUT2D eigenvalue weighted by molar-refractivity contribution is 5.76. The van der Waals surface area contributed by atoms with E-state index < -0.39 is 5.97 Å². The van der Waals surface area contributed by atoms with Crippen molar-refractivity contribution in [1.82, 2.24) is 24.6 Å². The van der Waals surface area contributed by atoms with Crippen LogP contribution in [0.25, 0.3) is 22.3 Å². The normalized spacial score (nSPS) is 34.1. The molecule has 3 saturated carbocycles. The standard InChI is InChI=1S/C24H25N5O2/c30-21(31)9-22-13-23(22)15-24(23,14-22)28-7-5-17(6-8-28)29-12-16(10-26-29)20-11-25-18-3-1-2-4-19(18)27-20/h1-4,10-12,17H,5-9,13-15H2,(H,30,31). The highest BCUT2D eigenvalue weighted by Gasteiger charge is 2.97. The van der Waals surface area contributed by atoms with Gasteiger partial charge in [-0.3, -0.25) is 19.4 Å². The fourth-order valence-corrected chi connectivity index (χ4v) is 7.25. The van der Waals surface area contributed by atoms with Gasteiger partial charge in [-0.2, -0.15) is 5.10 Å². The molecule has 1 aliphatic heterocycles. The number of hydrogen-bond donors (Lipinski definition) is 1. The number of aromatic nitrogens is 4. The fraction of sp³-hybridized carbons (Fsp3) is 0.500. The predicted molar refractivity (Wildman–Crippen MR) is 114 cm³/mol. The molecule has 1 saturated heterocycles. The molecule has 3 heterocycles. The Bertz CT molecular complexity index is 1230. The van der Waals surface area contributed by atoms with Gasteiger partial charge in [0.2, 0.25) is 0 Å². The van der Waals surface area contributed by atoms with Crippen molar-refractivity contribution in [3.8, 4) is 11.3 Å². The van der Waals surface area contributed by atoms with E-state index in [0.29, 0.717) is 23.4 Å². The molecule has 3 aromatic rings. The number of nitrogens with zero attached hydrogens (tertiary/aromatic N) is 5. The van der Waals surface area contributed by atoms with E-state index in [1.807, 2.05) is 36.7 Å². The third-order valence-electron chi connectivity index (χ3n) is 8.80. The van der Waals surface area contributed by atoms with Gasteiger partial charge < -0.3 is 5.11 Å². The van der Waals surface area contributed by atoms with E-state index in [9.17, 15) is 9.90 Å². The Morgan fingerprint density at radius 3 is 2.68 bits per heavy atom. The number of benzene rings is 1. The number of para-hydroxylation sites is 2. The van der Waals surface area contributed by atoms with Crippen molar-refractivity contribution in [2.24, 2.45) is 10.8 Å². The molecule has 3 atom stereocenters. The highest BCUT2D eigenvalue weighted by atomic mass is 16.4. The van der Waals surface area contributed by atoms with Crippen molar-refractivity contribution >= 4 is 17.0 Å². The van der Waals surface area contributed by atoms with Crippen LogP contribution in [-0.2, 0) is 4.79 Å². The van der Waals surface area contributed by atoms with Gasteiger partial charge in [0.05, 0.1) is 41.6 Å². The maximum absolute atomic E-state index is 11.2. The second-order valence-corrected chi connectivity index (χ2v) is 10.2. The summed E-state index contributed by atoms with van der Waals surface area (Å²) in [6.45, 7) is 2.17. The minimum absolute atomic E-state index is 0.146. The summed E-state index contributed by atoms with van der Waals surface area (Å²) in [7, 11) is 0. The van der Waals surface area contributed by atoms with Gasteiger partial charge in [-0.25, -0.2) is 4.98 Å². The van der Waals surface area contributed by atoms with E-state index in [0.717, 1.165) is 61.1 Å². The Kier molecular flexibility index (Phi) is 3.28. The first-order chi connectivity index (χ1) is 15.0. The van der Waals surface area contributed by atoms with Crippen molar-refractivity contribution < 1.29 is 9.90 Å². The number of likely N-dealkylation sites (tertiary alicyclic amines) is 1. The zero-order valence-electron chi connectivity index (χ0n) is 17.4. The van der Waals surface area contributed by atoms with E-state index >= 15 is 0 Å². The van der Waals surface area contributed by atoms with Crippen LogP contribution in [0.15, 0.2) is 42.9 Å². The van der Waals surface area contributed by atoms with Crippen LogP contribution in [0.1, 0.15) is 44.6 Å². The summed E-state index contributed by atoms with van der Waals surface area (Å²) in [6.07, 6.45) is 11.9. The van der Waals surface area contributed by atoms with Crippen molar-refractivity contribution in [1.29, 1.82) is 0 Å². The Morgan fingerprint density at radius 2 is 1.90 bits per heavy atom. The van der Waals surface area contributed by atoms with Gasteiger partial charge >= 0.3 is 5.97 Å². The lowest BCUT2D eigenvalue weighted by molar-refractivity contribution is -0.139. The van der Waals surface area contributed by atoms with E-state index in [1.165, 1.54) is 6.42 Å². The smallest absolute Gasteiger partial charge is 0.303 e. The SMILES string of the molecule is O=C(O)CC12CC3(N4CCC(n5cc(-c6cnc7ccccc7n6)cn5)CC4)CC13C2. The number of fused-ring (bicyclic) bond motifs is 1. The predicted octanol–water partition coefficient (Wildman–Crippen LogP) is 3.53. The van der Waals surface area contributed by atoms with E-state index in [2.05, 4.69) is 25.9 Å². The van der Waals surface area contributed by atoms with E-state index in [1.54, 1.807) is 0 Å². The van der Waals surface area contributed by atoms with Crippen LogP contribution in [0.2, 0.25) is 0 Å². The summed E-state index contributed by atoms with van der Waals surface area (Å²) < 4.78 is 2.11. The molecular formula is C24H25N5O2. The fourth-order valence-electron chi connectivity index (χ4n) is 7.25. The van der Waals surface area contributed by atoms with Crippen LogP contribution in [0, 0.1) is 10.8 Å². The molecule has 1 spiro atoms. The Labute approximate surface area is 180 Å². The van der Waals surface area contributed by atoms with Gasteiger partial charge in [-0.1, -0.05) is 12.1 Å².